The number of hydrogen-bond acceptors (Lipinski definition) is 4. The molecular formula is C25H28N4. The standard InChI is InChI=1S/C25H28N4/c1-24(2,3)18-10-11-19-20(13-18)22(12-9-17-7-5-4-6-8-17)25(15-27,16-28)23(29)21(19)14-26/h4-8,11,18,20,22H,9-10,12-13,29H2,1-3H3/t18-,20-,22-/m1/s1. The van der Waals surface area contributed by atoms with Crippen molar-refractivity contribution in [1.29, 1.82) is 15.8 Å². The van der Waals surface area contributed by atoms with Gasteiger partial charge in [0, 0.05) is 5.92 Å². The number of nitriles is 3. The first kappa shape index (κ1) is 20.7. The summed E-state index contributed by atoms with van der Waals surface area (Å²) >= 11 is 0. The molecule has 0 fully saturated rings. The van der Waals surface area contributed by atoms with Gasteiger partial charge in [0.05, 0.1) is 23.4 Å². The SMILES string of the molecule is CC(C)(C)[C@@H]1CC=C2C(C#N)=C(N)C(C#N)(C#N)[C@H](CCc3ccccc3)[C@@H]2C1. The van der Waals surface area contributed by atoms with E-state index in [2.05, 4.69) is 57.2 Å². The summed E-state index contributed by atoms with van der Waals surface area (Å²) in [6.07, 6.45) is 5.37. The topological polar surface area (TPSA) is 97.4 Å². The average Bonchev–Trinajstić information content (AvgIpc) is 2.72. The number of nitrogens with zero attached hydrogens (tertiary/aromatic N) is 3. The fourth-order valence-corrected chi connectivity index (χ4v) is 5.00. The van der Waals surface area contributed by atoms with Gasteiger partial charge in [-0.15, -0.1) is 0 Å². The average molecular weight is 385 g/mol. The minimum atomic E-state index is -1.46. The van der Waals surface area contributed by atoms with Crippen LogP contribution in [0.4, 0.5) is 0 Å². The molecule has 4 nitrogen and oxygen atoms in total. The Morgan fingerprint density at radius 3 is 2.31 bits per heavy atom. The zero-order chi connectivity index (χ0) is 21.2. The summed E-state index contributed by atoms with van der Waals surface area (Å²) in [5.41, 5.74) is 7.63. The van der Waals surface area contributed by atoms with Crippen LogP contribution in [-0.4, -0.2) is 0 Å². The molecule has 148 valence electrons. The molecule has 1 aromatic carbocycles. The van der Waals surface area contributed by atoms with E-state index < -0.39 is 5.41 Å². The van der Waals surface area contributed by atoms with Crippen LogP contribution in [-0.2, 0) is 6.42 Å². The predicted molar refractivity (Wildman–Crippen MR) is 112 cm³/mol. The largest absolute Gasteiger partial charge is 0.399 e. The highest BCUT2D eigenvalue weighted by Gasteiger charge is 2.53. The fourth-order valence-electron chi connectivity index (χ4n) is 5.00. The second-order valence-electron chi connectivity index (χ2n) is 9.36. The van der Waals surface area contributed by atoms with Gasteiger partial charge >= 0.3 is 0 Å². The van der Waals surface area contributed by atoms with E-state index in [0.717, 1.165) is 24.8 Å². The Morgan fingerprint density at radius 1 is 1.10 bits per heavy atom. The van der Waals surface area contributed by atoms with Crippen molar-refractivity contribution in [3.8, 4) is 18.2 Å². The van der Waals surface area contributed by atoms with Crippen molar-refractivity contribution in [2.24, 2.45) is 34.3 Å². The van der Waals surface area contributed by atoms with Crippen LogP contribution in [0.3, 0.4) is 0 Å². The molecule has 3 rings (SSSR count). The first-order valence-electron chi connectivity index (χ1n) is 10.3. The van der Waals surface area contributed by atoms with Crippen molar-refractivity contribution in [3.63, 3.8) is 0 Å². The van der Waals surface area contributed by atoms with Gasteiger partial charge < -0.3 is 5.73 Å². The molecule has 0 spiro atoms. The van der Waals surface area contributed by atoms with E-state index in [-0.39, 0.29) is 22.9 Å². The molecule has 3 atom stereocenters. The molecule has 2 aliphatic carbocycles. The molecule has 1 aromatic rings. The summed E-state index contributed by atoms with van der Waals surface area (Å²) in [5.74, 6) is 0.203. The number of allylic oxidation sites excluding steroid dienone is 4. The maximum absolute atomic E-state index is 10.1. The Morgan fingerprint density at radius 2 is 1.76 bits per heavy atom. The third-order valence-corrected chi connectivity index (χ3v) is 6.86. The molecule has 0 amide bonds. The highest BCUT2D eigenvalue weighted by Crippen LogP contribution is 2.55. The van der Waals surface area contributed by atoms with Gasteiger partial charge in [-0.1, -0.05) is 57.2 Å². The van der Waals surface area contributed by atoms with Crippen LogP contribution in [0.15, 0.2) is 53.3 Å². The van der Waals surface area contributed by atoms with Crippen molar-refractivity contribution in [1.82, 2.24) is 0 Å². The van der Waals surface area contributed by atoms with E-state index in [0.29, 0.717) is 17.9 Å². The maximum Gasteiger partial charge on any atom is 0.187 e. The van der Waals surface area contributed by atoms with Gasteiger partial charge in [-0.25, -0.2) is 0 Å². The van der Waals surface area contributed by atoms with Crippen molar-refractivity contribution < 1.29 is 0 Å². The van der Waals surface area contributed by atoms with Gasteiger partial charge in [0.25, 0.3) is 0 Å². The molecule has 2 N–H and O–H groups in total. The van der Waals surface area contributed by atoms with E-state index in [4.69, 9.17) is 5.73 Å². The summed E-state index contributed by atoms with van der Waals surface area (Å²) in [6.45, 7) is 6.70. The fraction of sp³-hybridized carbons (Fsp3) is 0.480. The van der Waals surface area contributed by atoms with Crippen LogP contribution in [0.5, 0.6) is 0 Å². The molecule has 0 heterocycles. The molecule has 0 bridgehead atoms. The van der Waals surface area contributed by atoms with Crippen molar-refractivity contribution in [2.75, 3.05) is 0 Å². The summed E-state index contributed by atoms with van der Waals surface area (Å²) in [6, 6.07) is 16.8. The molecule has 0 aromatic heterocycles. The molecule has 0 radical (unpaired) electrons. The van der Waals surface area contributed by atoms with Crippen molar-refractivity contribution in [2.45, 2.75) is 46.5 Å². The first-order chi connectivity index (χ1) is 13.8. The van der Waals surface area contributed by atoms with Gasteiger partial charge in [-0.2, -0.15) is 15.8 Å². The zero-order valence-electron chi connectivity index (χ0n) is 17.4. The Hall–Kier alpha value is -3.03. The number of aryl methyl sites for hydroxylation is 1. The van der Waals surface area contributed by atoms with E-state index in [1.165, 1.54) is 5.56 Å². The van der Waals surface area contributed by atoms with Crippen molar-refractivity contribution in [3.05, 3.63) is 58.8 Å². The smallest absolute Gasteiger partial charge is 0.187 e. The number of benzene rings is 1. The quantitative estimate of drug-likeness (QED) is 0.791. The van der Waals surface area contributed by atoms with Crippen LogP contribution >= 0.6 is 0 Å². The molecule has 29 heavy (non-hydrogen) atoms. The second kappa shape index (κ2) is 7.77. The number of fused-ring (bicyclic) bond motifs is 1. The summed E-state index contributed by atoms with van der Waals surface area (Å²) < 4.78 is 0. The molecule has 0 aliphatic heterocycles. The Kier molecular flexibility index (Phi) is 5.55. The molecular weight excluding hydrogens is 356 g/mol. The lowest BCUT2D eigenvalue weighted by molar-refractivity contribution is 0.138. The summed E-state index contributed by atoms with van der Waals surface area (Å²) in [7, 11) is 0. The highest BCUT2D eigenvalue weighted by molar-refractivity contribution is 5.56. The molecule has 4 heteroatoms. The Balaban J connectivity index is 2.09. The first-order valence-corrected chi connectivity index (χ1v) is 10.3. The molecule has 2 aliphatic rings. The van der Waals surface area contributed by atoms with E-state index in [9.17, 15) is 15.8 Å². The van der Waals surface area contributed by atoms with Gasteiger partial charge in [0.15, 0.2) is 5.41 Å². The van der Waals surface area contributed by atoms with Crippen LogP contribution in [0.1, 0.15) is 45.6 Å². The van der Waals surface area contributed by atoms with Crippen LogP contribution in [0.25, 0.3) is 0 Å². The third-order valence-electron chi connectivity index (χ3n) is 6.86. The Labute approximate surface area is 173 Å². The van der Waals surface area contributed by atoms with Gasteiger partial charge in [-0.3, -0.25) is 0 Å². The third kappa shape index (κ3) is 3.54. The maximum atomic E-state index is 10.1. The highest BCUT2D eigenvalue weighted by atomic mass is 14.7. The molecule has 0 saturated carbocycles. The number of hydrogen-bond donors (Lipinski definition) is 1. The summed E-state index contributed by atoms with van der Waals surface area (Å²) in [5, 5.41) is 30.0. The van der Waals surface area contributed by atoms with Crippen LogP contribution < -0.4 is 5.73 Å². The lowest BCUT2D eigenvalue weighted by Crippen LogP contribution is -2.46. The van der Waals surface area contributed by atoms with Crippen LogP contribution in [0.2, 0.25) is 0 Å². The van der Waals surface area contributed by atoms with Crippen molar-refractivity contribution >= 4 is 0 Å². The van der Waals surface area contributed by atoms with Crippen LogP contribution in [0, 0.1) is 62.6 Å². The zero-order valence-corrected chi connectivity index (χ0v) is 17.4. The van der Waals surface area contributed by atoms with E-state index in [1.54, 1.807) is 0 Å². The monoisotopic (exact) mass is 384 g/mol. The van der Waals surface area contributed by atoms with Gasteiger partial charge in [0.1, 0.15) is 6.07 Å². The second-order valence-corrected chi connectivity index (χ2v) is 9.36. The van der Waals surface area contributed by atoms with E-state index >= 15 is 0 Å². The Bertz CT molecular complexity index is 943. The number of rotatable bonds is 3. The summed E-state index contributed by atoms with van der Waals surface area (Å²) in [4.78, 5) is 0. The minimum Gasteiger partial charge on any atom is -0.399 e. The minimum absolute atomic E-state index is 0.00191. The van der Waals surface area contributed by atoms with Gasteiger partial charge in [0.2, 0.25) is 0 Å². The van der Waals surface area contributed by atoms with E-state index in [1.807, 2.05) is 18.2 Å². The lowest BCUT2D eigenvalue weighted by Gasteiger charge is -2.47. The lowest BCUT2D eigenvalue weighted by atomic mass is 9.54. The molecule has 0 unspecified atom stereocenters. The molecule has 0 saturated heterocycles. The number of nitrogens with two attached hydrogens (primary N) is 1. The predicted octanol–water partition coefficient (Wildman–Crippen LogP) is 5.02. The normalized spacial score (nSPS) is 25.8. The van der Waals surface area contributed by atoms with Gasteiger partial charge in [-0.05, 0) is 54.1 Å².